The monoisotopic (exact) mass is 130 g/mol. The Morgan fingerprint density at radius 3 is 1.83 bits per heavy atom. The van der Waals surface area contributed by atoms with Gasteiger partial charge in [0.2, 0.25) is 6.49 Å². The first-order chi connectivity index (χ1) is 2.56. The molecular formula is CH4FO2PS. The molecule has 0 aromatic carbocycles. The smallest absolute Gasteiger partial charge is 0.214 e. The van der Waals surface area contributed by atoms with E-state index >= 15 is 0 Å². The van der Waals surface area contributed by atoms with Crippen molar-refractivity contribution in [2.24, 2.45) is 0 Å². The molecule has 2 nitrogen and oxygen atoms in total. The fraction of sp³-hybridized carbons (Fsp3) is 1.00. The van der Waals surface area contributed by atoms with Crippen LogP contribution in [0.25, 0.3) is 0 Å². The summed E-state index contributed by atoms with van der Waals surface area (Å²) < 4.78 is 10.9. The largest absolute Gasteiger partial charge is 0.343 e. The maximum atomic E-state index is 10.9. The maximum absolute atomic E-state index is 10.9. The minimum absolute atomic E-state index is 1.19. The molecule has 0 rings (SSSR count). The molecule has 2 N–H and O–H groups in total. The average molecular weight is 130 g/mol. The van der Waals surface area contributed by atoms with Gasteiger partial charge < -0.3 is 9.79 Å². The molecular weight excluding hydrogens is 126 g/mol. The molecule has 0 aliphatic rings. The topological polar surface area (TPSA) is 40.5 Å². The van der Waals surface area contributed by atoms with Crippen LogP contribution in [0.2, 0.25) is 0 Å². The lowest BCUT2D eigenvalue weighted by Gasteiger charge is -1.95. The summed E-state index contributed by atoms with van der Waals surface area (Å²) in [5.74, 6) is 0. The van der Waals surface area contributed by atoms with Crippen LogP contribution in [0.1, 0.15) is 0 Å². The third kappa shape index (κ3) is 4.50. The molecule has 0 saturated carbocycles. The molecule has 0 spiro atoms. The van der Waals surface area contributed by atoms with E-state index in [1.165, 1.54) is 0 Å². The van der Waals surface area contributed by atoms with Crippen LogP contribution < -0.4 is 0 Å². The van der Waals surface area contributed by atoms with E-state index in [4.69, 9.17) is 9.79 Å². The lowest BCUT2D eigenvalue weighted by molar-refractivity contribution is 0.439. The molecule has 0 heterocycles. The van der Waals surface area contributed by atoms with Crippen molar-refractivity contribution in [2.75, 3.05) is 6.42 Å². The van der Waals surface area contributed by atoms with E-state index in [1.54, 1.807) is 0 Å². The summed E-state index contributed by atoms with van der Waals surface area (Å²) in [7, 11) is 0. The Kier molecular flexibility index (Phi) is 2.15. The molecule has 5 heteroatoms. The zero-order valence-electron chi connectivity index (χ0n) is 2.83. The first-order valence-corrected chi connectivity index (χ1v) is 4.06. The van der Waals surface area contributed by atoms with Gasteiger partial charge >= 0.3 is 0 Å². The Bertz CT molecular complexity index is 77.6. The predicted molar refractivity (Wildman–Crippen MR) is 24.7 cm³/mol. The van der Waals surface area contributed by atoms with Gasteiger partial charge in [0.25, 0.3) is 0 Å². The SMILES string of the molecule is OP(O)(=S)CF. The molecule has 0 saturated heterocycles. The Labute approximate surface area is 39.8 Å². The third-order valence-corrected chi connectivity index (χ3v) is 0.760. The van der Waals surface area contributed by atoms with Gasteiger partial charge in [-0.15, -0.1) is 0 Å². The number of halogens is 1. The van der Waals surface area contributed by atoms with Crippen molar-refractivity contribution >= 4 is 18.3 Å². The molecule has 38 valence electrons. The molecule has 0 aliphatic carbocycles. The first kappa shape index (κ1) is 6.50. The highest BCUT2D eigenvalue weighted by molar-refractivity contribution is 8.08. The van der Waals surface area contributed by atoms with Crippen LogP contribution in [0.3, 0.4) is 0 Å². The van der Waals surface area contributed by atoms with Crippen molar-refractivity contribution in [2.45, 2.75) is 0 Å². The molecule has 0 aliphatic heterocycles. The van der Waals surface area contributed by atoms with Crippen molar-refractivity contribution in [1.29, 1.82) is 0 Å². The molecule has 0 unspecified atom stereocenters. The second-order valence-electron chi connectivity index (χ2n) is 0.784. The third-order valence-electron chi connectivity index (χ3n) is 0.156. The van der Waals surface area contributed by atoms with Gasteiger partial charge in [-0.1, -0.05) is 0 Å². The number of alkyl halides is 1. The van der Waals surface area contributed by atoms with Crippen LogP contribution in [0.5, 0.6) is 0 Å². The van der Waals surface area contributed by atoms with E-state index < -0.39 is 12.9 Å². The highest BCUT2D eigenvalue weighted by atomic mass is 32.5. The molecule has 0 aromatic rings. The van der Waals surface area contributed by atoms with Crippen molar-refractivity contribution in [3.8, 4) is 0 Å². The number of hydrogen-bond acceptors (Lipinski definition) is 1. The van der Waals surface area contributed by atoms with Crippen LogP contribution in [-0.4, -0.2) is 16.2 Å². The standard InChI is InChI=1S/CH4FO2PS/c2-1-5(3,4)6/h1H2,(H2,3,4,6). The second kappa shape index (κ2) is 1.98. The van der Waals surface area contributed by atoms with E-state index in [0.717, 1.165) is 0 Å². The number of hydrogen-bond donors (Lipinski definition) is 2. The van der Waals surface area contributed by atoms with E-state index in [2.05, 4.69) is 11.8 Å². The zero-order chi connectivity index (χ0) is 5.21. The normalized spacial score (nSPS) is 11.8. The molecule has 0 atom stereocenters. The first-order valence-electron chi connectivity index (χ1n) is 1.17. The summed E-state index contributed by atoms with van der Waals surface area (Å²) >= 11 is 3.83. The fourth-order valence-electron chi connectivity index (χ4n) is 0. The summed E-state index contributed by atoms with van der Waals surface area (Å²) in [6.45, 7) is -3.48. The van der Waals surface area contributed by atoms with Gasteiger partial charge in [-0.3, -0.25) is 0 Å². The summed E-state index contributed by atoms with van der Waals surface area (Å²) in [5, 5.41) is 0. The molecule has 6 heavy (non-hydrogen) atoms. The zero-order valence-corrected chi connectivity index (χ0v) is 4.55. The Balaban J connectivity index is 3.48. The van der Waals surface area contributed by atoms with E-state index in [1.807, 2.05) is 0 Å². The molecule has 0 amide bonds. The van der Waals surface area contributed by atoms with Gasteiger partial charge in [-0.2, -0.15) is 0 Å². The van der Waals surface area contributed by atoms with Crippen LogP contribution in [0, 0.1) is 0 Å². The highest BCUT2D eigenvalue weighted by Crippen LogP contribution is 2.34. The van der Waals surface area contributed by atoms with Gasteiger partial charge in [0.1, 0.15) is 0 Å². The van der Waals surface area contributed by atoms with Crippen molar-refractivity contribution < 1.29 is 14.2 Å². The summed E-state index contributed by atoms with van der Waals surface area (Å²) in [4.78, 5) is 15.9. The summed E-state index contributed by atoms with van der Waals surface area (Å²) in [6.07, 6.45) is -1.19. The molecule has 0 aromatic heterocycles. The van der Waals surface area contributed by atoms with Crippen LogP contribution in [-0.2, 0) is 11.8 Å². The van der Waals surface area contributed by atoms with Gasteiger partial charge in [0.05, 0.1) is 0 Å². The van der Waals surface area contributed by atoms with Gasteiger partial charge in [-0.05, 0) is 11.8 Å². The second-order valence-corrected chi connectivity index (χ2v) is 4.11. The highest BCUT2D eigenvalue weighted by Gasteiger charge is 2.02. The molecule has 0 radical (unpaired) electrons. The summed E-state index contributed by atoms with van der Waals surface area (Å²) in [6, 6.07) is 0. The maximum Gasteiger partial charge on any atom is 0.214 e. The number of rotatable bonds is 1. The lowest BCUT2D eigenvalue weighted by atomic mass is 11.8. The van der Waals surface area contributed by atoms with Crippen LogP contribution in [0.15, 0.2) is 0 Å². The Hall–Kier alpha value is 0.500. The van der Waals surface area contributed by atoms with Crippen LogP contribution >= 0.6 is 6.49 Å². The van der Waals surface area contributed by atoms with Crippen molar-refractivity contribution in [3.05, 3.63) is 0 Å². The van der Waals surface area contributed by atoms with Gasteiger partial charge in [0.15, 0.2) is 6.42 Å². The predicted octanol–water partition coefficient (Wildman–Crippen LogP) is 0.208. The van der Waals surface area contributed by atoms with Gasteiger partial charge in [-0.25, -0.2) is 4.39 Å². The van der Waals surface area contributed by atoms with Gasteiger partial charge in [0, 0.05) is 0 Å². The minimum atomic E-state index is -3.48. The summed E-state index contributed by atoms with van der Waals surface area (Å²) in [5.41, 5.74) is 0. The minimum Gasteiger partial charge on any atom is -0.343 e. The van der Waals surface area contributed by atoms with E-state index in [0.29, 0.717) is 0 Å². The Morgan fingerprint density at radius 1 is 1.67 bits per heavy atom. The van der Waals surface area contributed by atoms with Crippen LogP contribution in [0.4, 0.5) is 4.39 Å². The Morgan fingerprint density at radius 2 is 1.83 bits per heavy atom. The van der Waals surface area contributed by atoms with E-state index in [9.17, 15) is 4.39 Å². The lowest BCUT2D eigenvalue weighted by Crippen LogP contribution is -1.74. The molecule has 0 bridgehead atoms. The fourth-order valence-corrected chi connectivity index (χ4v) is 0. The molecule has 0 fully saturated rings. The van der Waals surface area contributed by atoms with Crippen molar-refractivity contribution in [1.82, 2.24) is 0 Å². The quantitative estimate of drug-likeness (QED) is 0.498. The average Bonchev–Trinajstić information content (AvgIpc) is 1.35. The van der Waals surface area contributed by atoms with Crippen molar-refractivity contribution in [3.63, 3.8) is 0 Å². The van der Waals surface area contributed by atoms with E-state index in [-0.39, 0.29) is 0 Å².